The highest BCUT2D eigenvalue weighted by Gasteiger charge is 2.35. The summed E-state index contributed by atoms with van der Waals surface area (Å²) in [6, 6.07) is 9.67. The van der Waals surface area contributed by atoms with Crippen LogP contribution < -0.4 is 16.0 Å². The smallest absolute Gasteiger partial charge is 0.416 e. The van der Waals surface area contributed by atoms with Crippen LogP contribution in [0.15, 0.2) is 48.5 Å². The molecule has 0 saturated carbocycles. The molecule has 33 heavy (non-hydrogen) atoms. The van der Waals surface area contributed by atoms with E-state index in [2.05, 4.69) is 16.0 Å². The fourth-order valence-electron chi connectivity index (χ4n) is 2.43. The summed E-state index contributed by atoms with van der Waals surface area (Å²) in [6.45, 7) is 1.93. The number of benzene rings is 2. The molecule has 0 aliphatic rings. The highest BCUT2D eigenvalue weighted by molar-refractivity contribution is 7.80. The summed E-state index contributed by atoms with van der Waals surface area (Å²) < 4.78 is 40.9. The van der Waals surface area contributed by atoms with Crippen molar-refractivity contribution in [3.05, 3.63) is 65.2 Å². The first kappa shape index (κ1) is 27.0. The molecular formula is C20H17Cl3F3N3O3S. The largest absolute Gasteiger partial charge is 0.462 e. The van der Waals surface area contributed by atoms with Crippen LogP contribution in [-0.2, 0) is 10.9 Å². The van der Waals surface area contributed by atoms with E-state index < -0.39 is 33.6 Å². The first-order valence-corrected chi connectivity index (χ1v) is 10.7. The first-order chi connectivity index (χ1) is 15.3. The number of anilines is 1. The normalized spacial score (nSPS) is 12.5. The number of hydrogen-bond donors (Lipinski definition) is 3. The number of amides is 1. The fourth-order valence-corrected chi connectivity index (χ4v) is 2.99. The van der Waals surface area contributed by atoms with Crippen LogP contribution in [0.3, 0.4) is 0 Å². The number of carbonyl (C=O) groups is 2. The maximum atomic E-state index is 12.7. The van der Waals surface area contributed by atoms with Crippen LogP contribution in [0.5, 0.6) is 0 Å². The van der Waals surface area contributed by atoms with E-state index in [0.717, 1.165) is 24.3 Å². The van der Waals surface area contributed by atoms with Gasteiger partial charge in [-0.3, -0.25) is 4.79 Å². The third-order valence-electron chi connectivity index (χ3n) is 4.01. The van der Waals surface area contributed by atoms with Gasteiger partial charge in [0.15, 0.2) is 5.11 Å². The van der Waals surface area contributed by atoms with E-state index in [1.807, 2.05) is 0 Å². The number of nitrogens with one attached hydrogen (secondary N) is 3. The van der Waals surface area contributed by atoms with Crippen LogP contribution in [0.4, 0.5) is 18.9 Å². The minimum Gasteiger partial charge on any atom is -0.462 e. The molecule has 178 valence electrons. The highest BCUT2D eigenvalue weighted by Crippen LogP contribution is 2.30. The average Bonchev–Trinajstić information content (AvgIpc) is 2.72. The number of hydrogen-bond acceptors (Lipinski definition) is 4. The molecule has 6 nitrogen and oxygen atoms in total. The number of alkyl halides is 6. The van der Waals surface area contributed by atoms with Gasteiger partial charge in [0.2, 0.25) is 3.79 Å². The predicted molar refractivity (Wildman–Crippen MR) is 125 cm³/mol. The molecule has 2 rings (SSSR count). The second kappa shape index (κ2) is 11.2. The van der Waals surface area contributed by atoms with Gasteiger partial charge in [-0.25, -0.2) is 4.79 Å². The Balaban J connectivity index is 2.04. The van der Waals surface area contributed by atoms with Crippen molar-refractivity contribution in [1.29, 1.82) is 0 Å². The molecule has 3 N–H and O–H groups in total. The summed E-state index contributed by atoms with van der Waals surface area (Å²) in [5.74, 6) is -1.28. The monoisotopic (exact) mass is 541 g/mol. The van der Waals surface area contributed by atoms with E-state index in [0.29, 0.717) is 11.3 Å². The summed E-state index contributed by atoms with van der Waals surface area (Å²) in [6.07, 6.45) is -5.88. The number of thiocarbonyl (C=S) groups is 1. The Kier molecular flexibility index (Phi) is 9.19. The molecule has 0 aliphatic heterocycles. The zero-order valence-electron chi connectivity index (χ0n) is 16.8. The molecule has 1 amide bonds. The van der Waals surface area contributed by atoms with Gasteiger partial charge in [0.25, 0.3) is 5.91 Å². The van der Waals surface area contributed by atoms with Gasteiger partial charge in [0.05, 0.1) is 17.7 Å². The second-order valence-corrected chi connectivity index (χ2v) is 9.20. The molecule has 1 unspecified atom stereocenters. The SMILES string of the molecule is CCOC(=O)c1ccc(NC(=S)NC(NC(=O)c2ccc(C(F)(F)F)cc2)C(Cl)(Cl)Cl)cc1. The van der Waals surface area contributed by atoms with Crippen molar-refractivity contribution in [2.45, 2.75) is 23.1 Å². The molecular weight excluding hydrogens is 526 g/mol. The molecule has 13 heteroatoms. The van der Waals surface area contributed by atoms with Crippen LogP contribution in [0.2, 0.25) is 0 Å². The van der Waals surface area contributed by atoms with Crippen LogP contribution >= 0.6 is 47.0 Å². The summed E-state index contributed by atoms with van der Waals surface area (Å²) >= 11 is 22.9. The maximum Gasteiger partial charge on any atom is 0.416 e. The van der Waals surface area contributed by atoms with Gasteiger partial charge in [-0.15, -0.1) is 0 Å². The van der Waals surface area contributed by atoms with Crippen molar-refractivity contribution in [1.82, 2.24) is 10.6 Å². The van der Waals surface area contributed by atoms with Crippen LogP contribution in [0.1, 0.15) is 33.2 Å². The molecule has 1 atom stereocenters. The van der Waals surface area contributed by atoms with E-state index in [9.17, 15) is 22.8 Å². The van der Waals surface area contributed by atoms with Crippen molar-refractivity contribution in [3.63, 3.8) is 0 Å². The number of ether oxygens (including phenoxy) is 1. The van der Waals surface area contributed by atoms with Gasteiger partial charge in [0, 0.05) is 11.3 Å². The Hall–Kier alpha value is -2.27. The van der Waals surface area contributed by atoms with E-state index >= 15 is 0 Å². The lowest BCUT2D eigenvalue weighted by atomic mass is 10.1. The first-order valence-electron chi connectivity index (χ1n) is 9.20. The number of carbonyl (C=O) groups excluding carboxylic acids is 2. The van der Waals surface area contributed by atoms with Gasteiger partial charge in [-0.2, -0.15) is 13.2 Å². The fraction of sp³-hybridized carbons (Fsp3) is 0.250. The van der Waals surface area contributed by atoms with E-state index in [1.165, 1.54) is 12.1 Å². The lowest BCUT2D eigenvalue weighted by Gasteiger charge is -2.27. The molecule has 0 radical (unpaired) electrons. The minimum absolute atomic E-state index is 0.0390. The van der Waals surface area contributed by atoms with Gasteiger partial charge in [-0.05, 0) is 67.7 Å². The van der Waals surface area contributed by atoms with E-state index in [4.69, 9.17) is 51.8 Å². The Morgan fingerprint density at radius 1 is 0.970 bits per heavy atom. The van der Waals surface area contributed by atoms with Crippen molar-refractivity contribution in [3.8, 4) is 0 Å². The highest BCUT2D eigenvalue weighted by atomic mass is 35.6. The maximum absolute atomic E-state index is 12.7. The van der Waals surface area contributed by atoms with Crippen molar-refractivity contribution in [2.75, 3.05) is 11.9 Å². The van der Waals surface area contributed by atoms with Crippen LogP contribution in [-0.4, -0.2) is 33.6 Å². The summed E-state index contributed by atoms with van der Waals surface area (Å²) in [4.78, 5) is 24.1. The molecule has 2 aromatic carbocycles. The zero-order valence-corrected chi connectivity index (χ0v) is 19.9. The molecule has 0 aliphatic carbocycles. The third kappa shape index (κ3) is 8.22. The van der Waals surface area contributed by atoms with Crippen LogP contribution in [0, 0.1) is 0 Å². The molecule has 0 heterocycles. The number of esters is 1. The van der Waals surface area contributed by atoms with E-state index in [1.54, 1.807) is 19.1 Å². The molecule has 0 saturated heterocycles. The predicted octanol–water partition coefficient (Wildman–Crippen LogP) is 5.29. The minimum atomic E-state index is -4.54. The summed E-state index contributed by atoms with van der Waals surface area (Å²) in [5.41, 5.74) is -0.172. The number of rotatable bonds is 6. The Bertz CT molecular complexity index is 998. The topological polar surface area (TPSA) is 79.5 Å². The van der Waals surface area contributed by atoms with Gasteiger partial charge < -0.3 is 20.7 Å². The Labute approximate surface area is 207 Å². The Morgan fingerprint density at radius 3 is 2.00 bits per heavy atom. The Morgan fingerprint density at radius 2 is 1.52 bits per heavy atom. The molecule has 0 spiro atoms. The quantitative estimate of drug-likeness (QED) is 0.199. The molecule has 0 bridgehead atoms. The van der Waals surface area contributed by atoms with Gasteiger partial charge in [-0.1, -0.05) is 34.8 Å². The third-order valence-corrected chi connectivity index (χ3v) is 4.88. The molecule has 2 aromatic rings. The zero-order chi connectivity index (χ0) is 24.8. The van der Waals surface area contributed by atoms with Crippen molar-refractivity contribution >= 4 is 69.7 Å². The van der Waals surface area contributed by atoms with E-state index in [-0.39, 0.29) is 17.3 Å². The van der Waals surface area contributed by atoms with Crippen LogP contribution in [0.25, 0.3) is 0 Å². The van der Waals surface area contributed by atoms with Gasteiger partial charge >= 0.3 is 12.1 Å². The molecule has 0 aromatic heterocycles. The number of halogens is 6. The van der Waals surface area contributed by atoms with Gasteiger partial charge in [0.1, 0.15) is 6.17 Å². The molecule has 0 fully saturated rings. The van der Waals surface area contributed by atoms with Crippen molar-refractivity contribution < 1.29 is 27.5 Å². The van der Waals surface area contributed by atoms with Crippen molar-refractivity contribution in [2.24, 2.45) is 0 Å². The summed E-state index contributed by atoms with van der Waals surface area (Å²) in [7, 11) is 0. The lowest BCUT2D eigenvalue weighted by molar-refractivity contribution is -0.137. The lowest BCUT2D eigenvalue weighted by Crippen LogP contribution is -2.56. The second-order valence-electron chi connectivity index (χ2n) is 6.42. The standard InChI is InChI=1S/C20H17Cl3F3N3O3S/c1-2-32-16(31)12-5-9-14(10-6-12)27-18(33)29-17(19(21,22)23)28-15(30)11-3-7-13(8-4-11)20(24,25)26/h3-10,17H,2H2,1H3,(H,28,30)(H2,27,29,33). The summed E-state index contributed by atoms with van der Waals surface area (Å²) in [5, 5.41) is 7.75. The average molecular weight is 543 g/mol.